The summed E-state index contributed by atoms with van der Waals surface area (Å²) >= 11 is 0. The number of carbonyl (C=O) groups is 1. The van der Waals surface area contributed by atoms with E-state index in [0.29, 0.717) is 24.5 Å². The van der Waals surface area contributed by atoms with Crippen molar-refractivity contribution in [3.8, 4) is 0 Å². The van der Waals surface area contributed by atoms with Crippen molar-refractivity contribution < 1.29 is 9.72 Å². The molecule has 110 valence electrons. The number of nitrogens with one attached hydrogen (secondary N) is 3. The van der Waals surface area contributed by atoms with Gasteiger partial charge < -0.3 is 10.6 Å². The van der Waals surface area contributed by atoms with Crippen LogP contribution in [-0.2, 0) is 6.42 Å². The molecule has 2 rings (SSSR count). The number of hydrogen-bond acceptors (Lipinski definition) is 6. The Hall–Kier alpha value is -2.97. The highest BCUT2D eigenvalue weighted by Crippen LogP contribution is 2.24. The normalized spacial score (nSPS) is 10.1. The quantitative estimate of drug-likeness (QED) is 0.531. The molecule has 0 saturated carbocycles. The number of nitro benzene ring substituents is 1. The molecule has 3 N–H and O–H groups in total. The number of benzene rings is 1. The Morgan fingerprint density at radius 3 is 2.90 bits per heavy atom. The van der Waals surface area contributed by atoms with Gasteiger partial charge in [0.05, 0.1) is 4.92 Å². The van der Waals surface area contributed by atoms with Crippen LogP contribution in [0, 0.1) is 10.1 Å². The highest BCUT2D eigenvalue weighted by Gasteiger charge is 2.16. The van der Waals surface area contributed by atoms with Crippen LogP contribution in [0.15, 0.2) is 24.5 Å². The van der Waals surface area contributed by atoms with Crippen LogP contribution in [0.1, 0.15) is 16.2 Å². The number of hydrogen-bond donors (Lipinski definition) is 3. The van der Waals surface area contributed by atoms with Crippen LogP contribution in [0.3, 0.4) is 0 Å². The first-order valence-corrected chi connectivity index (χ1v) is 6.20. The monoisotopic (exact) mass is 290 g/mol. The summed E-state index contributed by atoms with van der Waals surface area (Å²) < 4.78 is 0. The molecule has 9 heteroatoms. The first-order valence-electron chi connectivity index (χ1n) is 6.20. The molecule has 1 aromatic heterocycles. The van der Waals surface area contributed by atoms with E-state index in [0.717, 1.165) is 0 Å². The lowest BCUT2D eigenvalue weighted by Crippen LogP contribution is -2.26. The maximum absolute atomic E-state index is 11.9. The van der Waals surface area contributed by atoms with Crippen LogP contribution in [0.25, 0.3) is 0 Å². The summed E-state index contributed by atoms with van der Waals surface area (Å²) in [6, 6.07) is 4.28. The Morgan fingerprint density at radius 2 is 2.29 bits per heavy atom. The molecular weight excluding hydrogens is 276 g/mol. The van der Waals surface area contributed by atoms with Gasteiger partial charge in [0.1, 0.15) is 17.8 Å². The van der Waals surface area contributed by atoms with E-state index < -0.39 is 4.92 Å². The van der Waals surface area contributed by atoms with E-state index in [2.05, 4.69) is 25.8 Å². The fourth-order valence-electron chi connectivity index (χ4n) is 1.78. The summed E-state index contributed by atoms with van der Waals surface area (Å²) in [6.07, 6.45) is 1.89. The third kappa shape index (κ3) is 3.53. The number of aromatic amines is 1. The second-order valence-corrected chi connectivity index (χ2v) is 4.18. The summed E-state index contributed by atoms with van der Waals surface area (Å²) in [5.74, 6) is 0.284. The van der Waals surface area contributed by atoms with E-state index in [-0.39, 0.29) is 17.2 Å². The minimum absolute atomic E-state index is 0.139. The largest absolute Gasteiger partial charge is 0.383 e. The molecule has 0 fully saturated rings. The summed E-state index contributed by atoms with van der Waals surface area (Å²) in [5.41, 5.74) is 0.455. The van der Waals surface area contributed by atoms with Gasteiger partial charge in [-0.05, 0) is 12.1 Å². The number of aromatic nitrogens is 3. The number of rotatable bonds is 6. The number of nitrogens with zero attached hydrogens (tertiary/aromatic N) is 3. The van der Waals surface area contributed by atoms with Crippen molar-refractivity contribution in [1.29, 1.82) is 0 Å². The molecule has 0 aliphatic carbocycles. The minimum atomic E-state index is -0.531. The van der Waals surface area contributed by atoms with Crippen molar-refractivity contribution >= 4 is 17.3 Å². The molecule has 0 spiro atoms. The molecule has 0 unspecified atom stereocenters. The lowest BCUT2D eigenvalue weighted by atomic mass is 10.1. The van der Waals surface area contributed by atoms with Crippen LogP contribution >= 0.6 is 0 Å². The summed E-state index contributed by atoms with van der Waals surface area (Å²) in [4.78, 5) is 26.3. The van der Waals surface area contributed by atoms with Gasteiger partial charge in [-0.25, -0.2) is 4.98 Å². The molecule has 1 amide bonds. The van der Waals surface area contributed by atoms with E-state index in [1.165, 1.54) is 24.5 Å². The zero-order valence-corrected chi connectivity index (χ0v) is 11.3. The molecule has 0 aliphatic rings. The molecule has 0 aliphatic heterocycles. The van der Waals surface area contributed by atoms with Crippen LogP contribution in [0.5, 0.6) is 0 Å². The average molecular weight is 290 g/mol. The van der Waals surface area contributed by atoms with Crippen molar-refractivity contribution in [3.05, 3.63) is 46.0 Å². The Labute approximate surface area is 119 Å². The summed E-state index contributed by atoms with van der Waals surface area (Å²) in [6.45, 7) is 0.357. The number of carbonyl (C=O) groups excluding carboxylic acids is 1. The summed E-state index contributed by atoms with van der Waals surface area (Å²) in [7, 11) is 1.58. The fraction of sp³-hybridized carbons (Fsp3) is 0.250. The van der Waals surface area contributed by atoms with Gasteiger partial charge in [-0.2, -0.15) is 5.10 Å². The smallest absolute Gasteiger partial charge is 0.293 e. The molecule has 9 nitrogen and oxygen atoms in total. The maximum atomic E-state index is 11.9. The highest BCUT2D eigenvalue weighted by atomic mass is 16.6. The molecular formula is C12H14N6O3. The highest BCUT2D eigenvalue weighted by molar-refractivity contribution is 5.95. The Morgan fingerprint density at radius 1 is 1.48 bits per heavy atom. The third-order valence-electron chi connectivity index (χ3n) is 2.84. The third-order valence-corrected chi connectivity index (χ3v) is 2.84. The van der Waals surface area contributed by atoms with Gasteiger partial charge in [-0.3, -0.25) is 20.0 Å². The molecule has 0 saturated heterocycles. The van der Waals surface area contributed by atoms with Crippen molar-refractivity contribution in [1.82, 2.24) is 20.5 Å². The van der Waals surface area contributed by atoms with Gasteiger partial charge in [-0.1, -0.05) is 0 Å². The standard InChI is InChI=1S/C12H14N6O3/c1-13-9-3-2-8(6-10(9)18(20)21)12(19)14-5-4-11-15-7-16-17-11/h2-3,6-7,13H,4-5H2,1H3,(H,14,19)(H,15,16,17). The van der Waals surface area contributed by atoms with Gasteiger partial charge in [0.25, 0.3) is 11.6 Å². The zero-order valence-electron chi connectivity index (χ0n) is 11.3. The van der Waals surface area contributed by atoms with Crippen LogP contribution in [-0.4, -0.2) is 39.6 Å². The molecule has 0 atom stereocenters. The van der Waals surface area contributed by atoms with Gasteiger partial charge in [0.15, 0.2) is 0 Å². The Bertz CT molecular complexity index is 640. The number of nitro groups is 1. The minimum Gasteiger partial charge on any atom is -0.383 e. The van der Waals surface area contributed by atoms with Crippen LogP contribution in [0.4, 0.5) is 11.4 Å². The Balaban J connectivity index is 2.01. The molecule has 2 aromatic rings. The first-order chi connectivity index (χ1) is 10.1. The topological polar surface area (TPSA) is 126 Å². The van der Waals surface area contributed by atoms with E-state index in [1.54, 1.807) is 7.05 Å². The Kier molecular flexibility index (Phi) is 4.44. The lowest BCUT2D eigenvalue weighted by molar-refractivity contribution is -0.384. The predicted octanol–water partition coefficient (Wildman–Crippen LogP) is 0.727. The van der Waals surface area contributed by atoms with Crippen molar-refractivity contribution in [2.24, 2.45) is 0 Å². The van der Waals surface area contributed by atoms with Crippen molar-refractivity contribution in [2.75, 3.05) is 18.9 Å². The van der Waals surface area contributed by atoms with Gasteiger partial charge in [0.2, 0.25) is 0 Å². The van der Waals surface area contributed by atoms with E-state index in [1.807, 2.05) is 0 Å². The lowest BCUT2D eigenvalue weighted by Gasteiger charge is -2.06. The second-order valence-electron chi connectivity index (χ2n) is 4.18. The molecule has 0 bridgehead atoms. The van der Waals surface area contributed by atoms with Crippen molar-refractivity contribution in [3.63, 3.8) is 0 Å². The molecule has 0 radical (unpaired) electrons. The fourth-order valence-corrected chi connectivity index (χ4v) is 1.78. The maximum Gasteiger partial charge on any atom is 0.293 e. The first kappa shape index (κ1) is 14.4. The van der Waals surface area contributed by atoms with E-state index in [9.17, 15) is 14.9 Å². The van der Waals surface area contributed by atoms with Crippen LogP contribution < -0.4 is 10.6 Å². The number of amides is 1. The van der Waals surface area contributed by atoms with Gasteiger partial charge in [-0.15, -0.1) is 0 Å². The molecule has 1 aromatic carbocycles. The summed E-state index contributed by atoms with van der Waals surface area (Å²) in [5, 5.41) is 22.7. The number of H-pyrrole nitrogens is 1. The van der Waals surface area contributed by atoms with E-state index in [4.69, 9.17) is 0 Å². The van der Waals surface area contributed by atoms with Gasteiger partial charge in [0, 0.05) is 31.6 Å². The van der Waals surface area contributed by atoms with Gasteiger partial charge >= 0.3 is 0 Å². The molecule has 1 heterocycles. The van der Waals surface area contributed by atoms with E-state index >= 15 is 0 Å². The number of anilines is 1. The van der Waals surface area contributed by atoms with Crippen molar-refractivity contribution in [2.45, 2.75) is 6.42 Å². The second kappa shape index (κ2) is 6.46. The predicted molar refractivity (Wildman–Crippen MR) is 75.1 cm³/mol. The molecule has 21 heavy (non-hydrogen) atoms. The van der Waals surface area contributed by atoms with Crippen LogP contribution in [0.2, 0.25) is 0 Å². The SMILES string of the molecule is CNc1ccc(C(=O)NCCc2ncn[nH]2)cc1[N+](=O)[O-]. The zero-order chi connectivity index (χ0) is 15.2. The average Bonchev–Trinajstić information content (AvgIpc) is 2.99.